The van der Waals surface area contributed by atoms with Crippen molar-refractivity contribution in [3.63, 3.8) is 0 Å². The maximum atomic E-state index is 13.6. The molecular formula is C23H27N5O7. The number of hydrogen-bond donors (Lipinski definition) is 2. The fraction of sp³-hybridized carbons (Fsp3) is 0.478. The van der Waals surface area contributed by atoms with Crippen LogP contribution in [-0.4, -0.2) is 95.2 Å². The van der Waals surface area contributed by atoms with E-state index in [9.17, 15) is 28.8 Å². The summed E-state index contributed by atoms with van der Waals surface area (Å²) in [6.07, 6.45) is -0.522. The lowest BCUT2D eigenvalue weighted by molar-refractivity contribution is -0.161. The summed E-state index contributed by atoms with van der Waals surface area (Å²) in [5.41, 5.74) is 0.176. The number of rotatable bonds is 4. The number of hydrogen-bond acceptors (Lipinski definition) is 7. The molecular weight excluding hydrogens is 458 g/mol. The number of carbonyl (C=O) groups is 6. The van der Waals surface area contributed by atoms with Gasteiger partial charge < -0.3 is 20.2 Å². The molecule has 2 fully saturated rings. The van der Waals surface area contributed by atoms with E-state index in [1.807, 2.05) is 4.90 Å². The van der Waals surface area contributed by atoms with Crippen LogP contribution in [-0.2, 0) is 30.4 Å². The van der Waals surface area contributed by atoms with Crippen LogP contribution in [0.25, 0.3) is 0 Å². The molecule has 0 aliphatic carbocycles. The van der Waals surface area contributed by atoms with Crippen molar-refractivity contribution < 1.29 is 33.9 Å². The number of carboxylic acids is 1. The zero-order valence-corrected chi connectivity index (χ0v) is 19.7. The number of urea groups is 1. The number of benzene rings is 1. The maximum Gasteiger partial charge on any atom is 0.332 e. The molecule has 2 N–H and O–H groups in total. The first kappa shape index (κ1) is 24.2. The van der Waals surface area contributed by atoms with Crippen molar-refractivity contribution in [3.05, 3.63) is 23.8 Å². The number of aliphatic carboxylic acids is 1. The topological polar surface area (TPSA) is 148 Å². The first-order valence-corrected chi connectivity index (χ1v) is 11.2. The first-order valence-electron chi connectivity index (χ1n) is 11.2. The van der Waals surface area contributed by atoms with Crippen molar-refractivity contribution in [2.45, 2.75) is 32.2 Å². The van der Waals surface area contributed by atoms with Gasteiger partial charge in [0.2, 0.25) is 23.6 Å². The fourth-order valence-corrected chi connectivity index (χ4v) is 5.25. The van der Waals surface area contributed by atoms with E-state index < -0.39 is 41.2 Å². The zero-order valence-electron chi connectivity index (χ0n) is 19.7. The molecule has 1 aromatic carbocycles. The number of imide groups is 2. The molecule has 12 heteroatoms. The summed E-state index contributed by atoms with van der Waals surface area (Å²) >= 11 is 0. The monoisotopic (exact) mass is 485 g/mol. The maximum absolute atomic E-state index is 13.6. The van der Waals surface area contributed by atoms with Gasteiger partial charge in [-0.3, -0.25) is 33.8 Å². The number of nitrogens with zero attached hydrogens (tertiary/aromatic N) is 4. The van der Waals surface area contributed by atoms with Crippen LogP contribution in [0, 0.1) is 5.41 Å². The van der Waals surface area contributed by atoms with Crippen LogP contribution in [0.1, 0.15) is 25.3 Å². The van der Waals surface area contributed by atoms with Gasteiger partial charge in [0.15, 0.2) is 5.41 Å². The summed E-state index contributed by atoms with van der Waals surface area (Å²) in [5.74, 6) is -2.99. The van der Waals surface area contributed by atoms with Gasteiger partial charge in [-0.15, -0.1) is 0 Å². The van der Waals surface area contributed by atoms with Crippen molar-refractivity contribution in [1.29, 1.82) is 0 Å². The molecule has 186 valence electrons. The number of carbonyl (C=O) groups excluding carboxylic acids is 5. The quantitative estimate of drug-likeness (QED) is 0.572. The third-order valence-electron chi connectivity index (χ3n) is 7.05. The highest BCUT2D eigenvalue weighted by Gasteiger charge is 2.64. The Hall–Kier alpha value is -3.96. The standard InChI is InChI=1S/C23H27N5O7/c1-13(29)27-8-9-28-16-5-4-15(24-18(30)6-7-19(31)32)10-14(16)11-23(17(28)12-27)20(33)25(2)22(35)26(3)21(23)34/h4-5,10,17H,6-9,11-12H2,1-3H3,(H,24,30)(H,31,32)/t17-/m1/s1. The summed E-state index contributed by atoms with van der Waals surface area (Å²) in [5, 5.41) is 11.5. The summed E-state index contributed by atoms with van der Waals surface area (Å²) in [6.45, 7) is 2.37. The Kier molecular flexibility index (Phi) is 5.99. The number of fused-ring (bicyclic) bond motifs is 4. The molecule has 3 heterocycles. The molecule has 1 aromatic rings. The number of piperazine rings is 1. The lowest BCUT2D eigenvalue weighted by atomic mass is 9.67. The summed E-state index contributed by atoms with van der Waals surface area (Å²) in [4.78, 5) is 80.2. The van der Waals surface area contributed by atoms with Gasteiger partial charge in [0.1, 0.15) is 0 Å². The van der Waals surface area contributed by atoms with Crippen LogP contribution in [0.2, 0.25) is 0 Å². The minimum atomic E-state index is -1.63. The van der Waals surface area contributed by atoms with Gasteiger partial charge in [-0.1, -0.05) is 0 Å². The average Bonchev–Trinajstić information content (AvgIpc) is 2.83. The van der Waals surface area contributed by atoms with Crippen LogP contribution in [0.3, 0.4) is 0 Å². The average molecular weight is 485 g/mol. The van der Waals surface area contributed by atoms with E-state index in [1.54, 1.807) is 23.1 Å². The second-order valence-electron chi connectivity index (χ2n) is 9.12. The molecule has 0 unspecified atom stereocenters. The number of nitrogens with one attached hydrogen (secondary N) is 1. The predicted molar refractivity (Wildman–Crippen MR) is 122 cm³/mol. The number of anilines is 2. The molecule has 12 nitrogen and oxygen atoms in total. The molecule has 2 saturated heterocycles. The Morgan fingerprint density at radius 1 is 1.06 bits per heavy atom. The zero-order chi connectivity index (χ0) is 25.7. The Balaban J connectivity index is 1.76. The molecule has 35 heavy (non-hydrogen) atoms. The first-order chi connectivity index (χ1) is 16.5. The van der Waals surface area contributed by atoms with Gasteiger partial charge in [0.25, 0.3) is 0 Å². The molecule has 3 aliphatic heterocycles. The van der Waals surface area contributed by atoms with Gasteiger partial charge in [0.05, 0.1) is 12.5 Å². The largest absolute Gasteiger partial charge is 0.481 e. The van der Waals surface area contributed by atoms with E-state index in [0.717, 1.165) is 15.5 Å². The SMILES string of the molecule is CC(=O)N1CCN2c3ccc(NC(=O)CCC(=O)O)cc3CC3(C(=O)N(C)C(=O)N(C)C3=O)[C@H]2C1. The molecule has 0 saturated carbocycles. The van der Waals surface area contributed by atoms with Crippen molar-refractivity contribution in [3.8, 4) is 0 Å². The van der Waals surface area contributed by atoms with Crippen LogP contribution < -0.4 is 10.2 Å². The lowest BCUT2D eigenvalue weighted by Crippen LogP contribution is -2.74. The van der Waals surface area contributed by atoms with Crippen LogP contribution in [0.15, 0.2) is 18.2 Å². The van der Waals surface area contributed by atoms with Crippen molar-refractivity contribution in [2.24, 2.45) is 5.41 Å². The molecule has 0 aromatic heterocycles. The number of amides is 6. The third kappa shape index (κ3) is 3.88. The minimum absolute atomic E-state index is 0.0201. The fourth-order valence-electron chi connectivity index (χ4n) is 5.25. The normalized spacial score (nSPS) is 21.1. The van der Waals surface area contributed by atoms with Gasteiger partial charge in [-0.25, -0.2) is 4.79 Å². The second-order valence-corrected chi connectivity index (χ2v) is 9.12. The third-order valence-corrected chi connectivity index (χ3v) is 7.05. The van der Waals surface area contributed by atoms with E-state index in [1.165, 1.54) is 21.0 Å². The van der Waals surface area contributed by atoms with Crippen molar-refractivity contribution >= 4 is 47.0 Å². The van der Waals surface area contributed by atoms with Gasteiger partial charge >= 0.3 is 12.0 Å². The van der Waals surface area contributed by atoms with Crippen LogP contribution >= 0.6 is 0 Å². The second kappa shape index (κ2) is 8.67. The van der Waals surface area contributed by atoms with Gasteiger partial charge in [0, 0.05) is 58.4 Å². The molecule has 0 radical (unpaired) electrons. The highest BCUT2D eigenvalue weighted by molar-refractivity contribution is 6.20. The summed E-state index contributed by atoms with van der Waals surface area (Å²) < 4.78 is 0. The van der Waals surface area contributed by atoms with Crippen molar-refractivity contribution in [2.75, 3.05) is 43.9 Å². The van der Waals surface area contributed by atoms with E-state index in [-0.39, 0.29) is 31.7 Å². The molecule has 0 bridgehead atoms. The smallest absolute Gasteiger partial charge is 0.332 e. The molecule has 1 spiro atoms. The summed E-state index contributed by atoms with van der Waals surface area (Å²) in [6, 6.07) is 3.72. The van der Waals surface area contributed by atoms with Crippen LogP contribution in [0.5, 0.6) is 0 Å². The highest BCUT2D eigenvalue weighted by Crippen LogP contribution is 2.47. The van der Waals surface area contributed by atoms with E-state index in [0.29, 0.717) is 24.3 Å². The molecule has 3 aliphatic rings. The molecule has 4 rings (SSSR count). The summed E-state index contributed by atoms with van der Waals surface area (Å²) in [7, 11) is 2.67. The Labute approximate surface area is 201 Å². The lowest BCUT2D eigenvalue weighted by Gasteiger charge is -2.56. The van der Waals surface area contributed by atoms with E-state index >= 15 is 0 Å². The van der Waals surface area contributed by atoms with E-state index in [4.69, 9.17) is 5.11 Å². The van der Waals surface area contributed by atoms with Crippen molar-refractivity contribution in [1.82, 2.24) is 14.7 Å². The molecule has 6 amide bonds. The number of barbiturate groups is 1. The molecule has 1 atom stereocenters. The Morgan fingerprint density at radius 2 is 1.71 bits per heavy atom. The van der Waals surface area contributed by atoms with Gasteiger partial charge in [-0.2, -0.15) is 0 Å². The Morgan fingerprint density at radius 3 is 2.31 bits per heavy atom. The predicted octanol–water partition coefficient (Wildman–Crippen LogP) is 0.120. The number of carboxylic acid groups (broad SMARTS) is 1. The van der Waals surface area contributed by atoms with Gasteiger partial charge in [-0.05, 0) is 30.2 Å². The van der Waals surface area contributed by atoms with E-state index in [2.05, 4.69) is 5.32 Å². The van der Waals surface area contributed by atoms with Crippen LogP contribution in [0.4, 0.5) is 16.2 Å². The minimum Gasteiger partial charge on any atom is -0.481 e. The Bertz CT molecular complexity index is 1130. The highest BCUT2D eigenvalue weighted by atomic mass is 16.4.